The molecule has 4 rings (SSSR count). The zero-order valence-corrected chi connectivity index (χ0v) is 17.5. The Balaban J connectivity index is 1.36. The smallest absolute Gasteiger partial charge is 0.255 e. The van der Waals surface area contributed by atoms with Gasteiger partial charge in [0.15, 0.2) is 0 Å². The molecule has 0 spiro atoms. The van der Waals surface area contributed by atoms with Crippen LogP contribution in [-0.4, -0.2) is 65.3 Å². The number of hydrogen-bond acceptors (Lipinski definition) is 3. The maximum atomic E-state index is 13.1. The van der Waals surface area contributed by atoms with Crippen molar-refractivity contribution in [3.05, 3.63) is 70.5 Å². The Labute approximate surface area is 181 Å². The van der Waals surface area contributed by atoms with Crippen LogP contribution < -0.4 is 0 Å². The molecule has 1 atom stereocenters. The highest BCUT2D eigenvalue weighted by atomic mass is 35.5. The monoisotopic (exact) mass is 429 g/mol. The van der Waals surface area contributed by atoms with Crippen molar-refractivity contribution in [2.75, 3.05) is 32.7 Å². The van der Waals surface area contributed by atoms with Crippen LogP contribution >= 0.6 is 11.6 Å². The van der Waals surface area contributed by atoms with Crippen LogP contribution in [0.1, 0.15) is 28.8 Å². The SMILES string of the molecule is O=C(c1ccccc1Cl)N1CCCN([C@H]2CCN(Cc3ccc(F)cc3)C2=O)CC1. The molecule has 0 saturated carbocycles. The van der Waals surface area contributed by atoms with Crippen molar-refractivity contribution in [2.24, 2.45) is 0 Å². The van der Waals surface area contributed by atoms with Gasteiger partial charge in [-0.15, -0.1) is 0 Å². The molecular weight excluding hydrogens is 405 g/mol. The van der Waals surface area contributed by atoms with Crippen molar-refractivity contribution in [1.29, 1.82) is 0 Å². The van der Waals surface area contributed by atoms with Crippen LogP contribution in [0, 0.1) is 5.82 Å². The molecule has 0 N–H and O–H groups in total. The van der Waals surface area contributed by atoms with E-state index in [1.165, 1.54) is 12.1 Å². The highest BCUT2D eigenvalue weighted by molar-refractivity contribution is 6.33. The predicted molar refractivity (Wildman–Crippen MR) is 114 cm³/mol. The number of amides is 2. The van der Waals surface area contributed by atoms with Gasteiger partial charge in [-0.25, -0.2) is 4.39 Å². The summed E-state index contributed by atoms with van der Waals surface area (Å²) in [6.45, 7) is 3.87. The summed E-state index contributed by atoms with van der Waals surface area (Å²) in [7, 11) is 0. The van der Waals surface area contributed by atoms with Crippen molar-refractivity contribution in [1.82, 2.24) is 14.7 Å². The average molecular weight is 430 g/mol. The second-order valence-electron chi connectivity index (χ2n) is 7.85. The van der Waals surface area contributed by atoms with Crippen LogP contribution in [0.25, 0.3) is 0 Å². The van der Waals surface area contributed by atoms with E-state index in [0.717, 1.165) is 24.9 Å². The van der Waals surface area contributed by atoms with Crippen LogP contribution in [0.4, 0.5) is 4.39 Å². The first kappa shape index (κ1) is 20.8. The van der Waals surface area contributed by atoms with Crippen LogP contribution in [0.2, 0.25) is 5.02 Å². The zero-order valence-electron chi connectivity index (χ0n) is 16.8. The number of carbonyl (C=O) groups is 2. The molecule has 2 heterocycles. The van der Waals surface area contributed by atoms with E-state index in [1.54, 1.807) is 24.3 Å². The molecule has 2 aromatic rings. The average Bonchev–Trinajstić information content (AvgIpc) is 2.95. The molecule has 158 valence electrons. The molecule has 0 radical (unpaired) electrons. The number of benzene rings is 2. The molecule has 5 nitrogen and oxygen atoms in total. The Bertz CT molecular complexity index is 921. The highest BCUT2D eigenvalue weighted by Gasteiger charge is 2.36. The molecule has 0 aromatic heterocycles. The number of likely N-dealkylation sites (tertiary alicyclic amines) is 1. The zero-order chi connectivity index (χ0) is 21.1. The van der Waals surface area contributed by atoms with Gasteiger partial charge in [0.2, 0.25) is 5.91 Å². The first-order valence-corrected chi connectivity index (χ1v) is 10.7. The summed E-state index contributed by atoms with van der Waals surface area (Å²) in [5.41, 5.74) is 1.45. The minimum atomic E-state index is -0.273. The number of rotatable bonds is 4. The first-order valence-electron chi connectivity index (χ1n) is 10.3. The summed E-state index contributed by atoms with van der Waals surface area (Å²) in [5, 5.41) is 0.464. The lowest BCUT2D eigenvalue weighted by Gasteiger charge is -2.27. The Morgan fingerprint density at radius 1 is 1.00 bits per heavy atom. The molecule has 2 amide bonds. The molecule has 2 fully saturated rings. The van der Waals surface area contributed by atoms with Crippen molar-refractivity contribution in [3.8, 4) is 0 Å². The van der Waals surface area contributed by atoms with Crippen molar-refractivity contribution in [2.45, 2.75) is 25.4 Å². The summed E-state index contributed by atoms with van der Waals surface area (Å²) in [5.74, 6) is -0.215. The van der Waals surface area contributed by atoms with E-state index in [9.17, 15) is 14.0 Å². The maximum absolute atomic E-state index is 13.1. The lowest BCUT2D eigenvalue weighted by molar-refractivity contribution is -0.132. The van der Waals surface area contributed by atoms with Gasteiger partial charge in [-0.3, -0.25) is 14.5 Å². The molecule has 0 aliphatic carbocycles. The largest absolute Gasteiger partial charge is 0.337 e. The van der Waals surface area contributed by atoms with Gasteiger partial charge in [0.25, 0.3) is 5.91 Å². The van der Waals surface area contributed by atoms with Crippen LogP contribution in [-0.2, 0) is 11.3 Å². The lowest BCUT2D eigenvalue weighted by atomic mass is 10.2. The van der Waals surface area contributed by atoms with Gasteiger partial charge in [-0.1, -0.05) is 35.9 Å². The van der Waals surface area contributed by atoms with Gasteiger partial charge in [0.05, 0.1) is 16.6 Å². The van der Waals surface area contributed by atoms with Crippen LogP contribution in [0.15, 0.2) is 48.5 Å². The summed E-state index contributed by atoms with van der Waals surface area (Å²) in [6, 6.07) is 13.2. The van der Waals surface area contributed by atoms with E-state index < -0.39 is 0 Å². The number of halogens is 2. The molecule has 0 bridgehead atoms. The van der Waals surface area contributed by atoms with E-state index in [0.29, 0.717) is 43.3 Å². The fraction of sp³-hybridized carbons (Fsp3) is 0.391. The Kier molecular flexibility index (Phi) is 6.35. The summed E-state index contributed by atoms with van der Waals surface area (Å²) in [4.78, 5) is 31.7. The Hall–Kier alpha value is -2.44. The standard InChI is InChI=1S/C23H25ClFN3O2/c24-20-5-2-1-4-19(20)22(29)27-12-3-11-26(14-15-27)21-10-13-28(23(21)30)16-17-6-8-18(25)9-7-17/h1-2,4-9,21H,3,10-16H2/t21-/m0/s1. The van der Waals surface area contributed by atoms with Crippen molar-refractivity contribution >= 4 is 23.4 Å². The topological polar surface area (TPSA) is 43.9 Å². The van der Waals surface area contributed by atoms with Gasteiger partial charge < -0.3 is 9.80 Å². The molecule has 7 heteroatoms. The van der Waals surface area contributed by atoms with Crippen LogP contribution in [0.5, 0.6) is 0 Å². The minimum Gasteiger partial charge on any atom is -0.337 e. The van der Waals surface area contributed by atoms with Gasteiger partial charge in [0.1, 0.15) is 5.82 Å². The third-order valence-electron chi connectivity index (χ3n) is 5.92. The third kappa shape index (κ3) is 4.50. The molecule has 2 saturated heterocycles. The number of carbonyl (C=O) groups excluding carboxylic acids is 2. The summed E-state index contributed by atoms with van der Waals surface area (Å²) >= 11 is 6.19. The van der Waals surface area contributed by atoms with Crippen molar-refractivity contribution in [3.63, 3.8) is 0 Å². The quantitative estimate of drug-likeness (QED) is 0.748. The van der Waals surface area contributed by atoms with Crippen LogP contribution in [0.3, 0.4) is 0 Å². The third-order valence-corrected chi connectivity index (χ3v) is 6.25. The molecule has 2 aliphatic heterocycles. The lowest BCUT2D eigenvalue weighted by Crippen LogP contribution is -2.44. The van der Waals surface area contributed by atoms with E-state index in [1.807, 2.05) is 21.9 Å². The Morgan fingerprint density at radius 2 is 1.77 bits per heavy atom. The van der Waals surface area contributed by atoms with Crippen molar-refractivity contribution < 1.29 is 14.0 Å². The van der Waals surface area contributed by atoms with Gasteiger partial charge in [-0.2, -0.15) is 0 Å². The minimum absolute atomic E-state index is 0.0573. The molecular formula is C23H25ClFN3O2. The van der Waals surface area contributed by atoms with E-state index >= 15 is 0 Å². The second-order valence-corrected chi connectivity index (χ2v) is 8.26. The molecule has 2 aromatic carbocycles. The molecule has 30 heavy (non-hydrogen) atoms. The second kappa shape index (κ2) is 9.14. The summed E-state index contributed by atoms with van der Waals surface area (Å²) in [6.07, 6.45) is 1.59. The Morgan fingerprint density at radius 3 is 2.53 bits per heavy atom. The van der Waals surface area contributed by atoms with Gasteiger partial charge in [-0.05, 0) is 42.7 Å². The fourth-order valence-corrected chi connectivity index (χ4v) is 4.50. The van der Waals surface area contributed by atoms with Gasteiger partial charge in [0, 0.05) is 39.3 Å². The van der Waals surface area contributed by atoms with Gasteiger partial charge >= 0.3 is 0 Å². The summed E-state index contributed by atoms with van der Waals surface area (Å²) < 4.78 is 13.1. The fourth-order valence-electron chi connectivity index (χ4n) is 4.29. The van der Waals surface area contributed by atoms with E-state index in [4.69, 9.17) is 11.6 Å². The van der Waals surface area contributed by atoms with E-state index in [-0.39, 0.29) is 23.7 Å². The number of hydrogen-bond donors (Lipinski definition) is 0. The van der Waals surface area contributed by atoms with E-state index in [2.05, 4.69) is 4.90 Å². The normalized spacial score (nSPS) is 20.5. The number of nitrogens with zero attached hydrogens (tertiary/aromatic N) is 3. The first-order chi connectivity index (χ1) is 14.5. The maximum Gasteiger partial charge on any atom is 0.255 e. The predicted octanol–water partition coefficient (Wildman–Crippen LogP) is 3.43. The molecule has 2 aliphatic rings. The molecule has 0 unspecified atom stereocenters. The highest BCUT2D eigenvalue weighted by Crippen LogP contribution is 2.23.